The van der Waals surface area contributed by atoms with Crippen LogP contribution >= 0.6 is 0 Å². The molecule has 1 aliphatic heterocycles. The molecule has 1 aliphatic rings. The second-order valence-electron chi connectivity index (χ2n) is 5.24. The van der Waals surface area contributed by atoms with Crippen LogP contribution in [0.15, 0.2) is 59.2 Å². The predicted molar refractivity (Wildman–Crippen MR) is 89.0 cm³/mol. The van der Waals surface area contributed by atoms with Crippen molar-refractivity contribution < 1.29 is 15.0 Å². The minimum absolute atomic E-state index is 0.0312. The van der Waals surface area contributed by atoms with E-state index in [-0.39, 0.29) is 18.3 Å². The summed E-state index contributed by atoms with van der Waals surface area (Å²) in [5.41, 5.74) is 2.96. The van der Waals surface area contributed by atoms with Crippen LogP contribution in [0.1, 0.15) is 18.1 Å². The largest absolute Gasteiger partial charge is 0.508 e. The molecule has 2 N–H and O–H groups in total. The van der Waals surface area contributed by atoms with E-state index in [4.69, 9.17) is 0 Å². The van der Waals surface area contributed by atoms with Crippen LogP contribution in [0.3, 0.4) is 0 Å². The van der Waals surface area contributed by atoms with E-state index in [2.05, 4.69) is 5.10 Å². The van der Waals surface area contributed by atoms with Gasteiger partial charge in [-0.3, -0.25) is 4.79 Å². The number of hydrogen-bond acceptors (Lipinski definition) is 4. The fraction of sp³-hybridized carbons (Fsp3) is 0.111. The van der Waals surface area contributed by atoms with Gasteiger partial charge in [-0.1, -0.05) is 24.3 Å². The van der Waals surface area contributed by atoms with E-state index < -0.39 is 0 Å². The van der Waals surface area contributed by atoms with Gasteiger partial charge in [0.25, 0.3) is 5.91 Å². The Balaban J connectivity index is 1.95. The van der Waals surface area contributed by atoms with Gasteiger partial charge < -0.3 is 10.2 Å². The first-order valence-electron chi connectivity index (χ1n) is 7.19. The zero-order chi connectivity index (χ0) is 16.4. The maximum atomic E-state index is 12.6. The van der Waals surface area contributed by atoms with Crippen LogP contribution in [0.2, 0.25) is 0 Å². The highest BCUT2D eigenvalue weighted by Gasteiger charge is 2.28. The van der Waals surface area contributed by atoms with Gasteiger partial charge in [0.2, 0.25) is 0 Å². The molecule has 0 spiro atoms. The van der Waals surface area contributed by atoms with Crippen molar-refractivity contribution in [2.45, 2.75) is 13.5 Å². The van der Waals surface area contributed by atoms with Crippen molar-refractivity contribution in [2.24, 2.45) is 5.10 Å². The summed E-state index contributed by atoms with van der Waals surface area (Å²) in [6.07, 6.45) is 1.71. The number of amides is 1. The lowest BCUT2D eigenvalue weighted by molar-refractivity contribution is -0.114. The molecule has 0 aliphatic carbocycles. The Kier molecular flexibility index (Phi) is 3.95. The lowest BCUT2D eigenvalue weighted by Crippen LogP contribution is -2.21. The van der Waals surface area contributed by atoms with Crippen molar-refractivity contribution in [2.75, 3.05) is 5.01 Å². The number of anilines is 1. The zero-order valence-corrected chi connectivity index (χ0v) is 12.6. The van der Waals surface area contributed by atoms with Gasteiger partial charge in [0.15, 0.2) is 0 Å². The highest BCUT2D eigenvalue weighted by atomic mass is 16.3. The number of aliphatic hydroxyl groups excluding tert-OH is 1. The van der Waals surface area contributed by atoms with Crippen LogP contribution in [0.4, 0.5) is 5.69 Å². The Morgan fingerprint density at radius 2 is 1.91 bits per heavy atom. The summed E-state index contributed by atoms with van der Waals surface area (Å²) >= 11 is 0. The number of phenols is 1. The summed E-state index contributed by atoms with van der Waals surface area (Å²) in [5.74, 6) is -0.170. The van der Waals surface area contributed by atoms with E-state index in [0.29, 0.717) is 22.5 Å². The van der Waals surface area contributed by atoms with Crippen LogP contribution in [0, 0.1) is 0 Å². The molecule has 0 fully saturated rings. The van der Waals surface area contributed by atoms with Crippen molar-refractivity contribution in [3.63, 3.8) is 0 Å². The van der Waals surface area contributed by atoms with E-state index in [1.165, 1.54) is 11.1 Å². The minimum atomic E-state index is -0.264. The first-order valence-corrected chi connectivity index (χ1v) is 7.19. The molecular weight excluding hydrogens is 292 g/mol. The molecule has 1 heterocycles. The topological polar surface area (TPSA) is 73.1 Å². The predicted octanol–water partition coefficient (Wildman–Crippen LogP) is 2.69. The number of benzene rings is 2. The van der Waals surface area contributed by atoms with Gasteiger partial charge >= 0.3 is 0 Å². The standard InChI is InChI=1S/C18H16N2O3/c1-12-16(10-13-7-8-17(22)14(9-13)11-21)18(23)20(19-12)15-5-3-2-4-6-15/h2-10,21-22H,11H2,1H3/b16-10-. The van der Waals surface area contributed by atoms with Gasteiger partial charge in [0, 0.05) is 5.56 Å². The van der Waals surface area contributed by atoms with Crippen molar-refractivity contribution >= 4 is 23.4 Å². The summed E-state index contributed by atoms with van der Waals surface area (Å²) in [6, 6.07) is 14.1. The van der Waals surface area contributed by atoms with Gasteiger partial charge in [-0.15, -0.1) is 0 Å². The van der Waals surface area contributed by atoms with Crippen LogP contribution in [-0.2, 0) is 11.4 Å². The number of para-hydroxylation sites is 1. The molecule has 5 nitrogen and oxygen atoms in total. The number of nitrogens with zero attached hydrogens (tertiary/aromatic N) is 2. The summed E-state index contributed by atoms with van der Waals surface area (Å²) in [6.45, 7) is 1.51. The van der Waals surface area contributed by atoms with Gasteiger partial charge in [0.05, 0.1) is 23.6 Å². The summed E-state index contributed by atoms with van der Waals surface area (Å²) < 4.78 is 0. The van der Waals surface area contributed by atoms with Crippen LogP contribution in [0.25, 0.3) is 6.08 Å². The first-order chi connectivity index (χ1) is 11.1. The second-order valence-corrected chi connectivity index (χ2v) is 5.24. The molecule has 0 unspecified atom stereocenters. The van der Waals surface area contributed by atoms with Crippen molar-refractivity contribution in [1.29, 1.82) is 0 Å². The van der Waals surface area contributed by atoms with Crippen molar-refractivity contribution in [3.8, 4) is 5.75 Å². The number of aromatic hydroxyl groups is 1. The molecular formula is C18H16N2O3. The van der Waals surface area contributed by atoms with E-state index in [9.17, 15) is 15.0 Å². The quantitative estimate of drug-likeness (QED) is 0.856. The average molecular weight is 308 g/mol. The van der Waals surface area contributed by atoms with E-state index in [1.54, 1.807) is 25.1 Å². The lowest BCUT2D eigenvalue weighted by Gasteiger charge is -2.11. The number of carbonyl (C=O) groups excluding carboxylic acids is 1. The third kappa shape index (κ3) is 2.86. The van der Waals surface area contributed by atoms with E-state index in [0.717, 1.165) is 5.56 Å². The molecule has 0 saturated heterocycles. The Morgan fingerprint density at radius 3 is 2.61 bits per heavy atom. The molecule has 0 radical (unpaired) electrons. The maximum absolute atomic E-state index is 12.6. The number of aliphatic hydroxyl groups is 1. The number of hydrogen-bond donors (Lipinski definition) is 2. The highest BCUT2D eigenvalue weighted by molar-refractivity contribution is 6.32. The fourth-order valence-electron chi connectivity index (χ4n) is 2.42. The molecule has 0 bridgehead atoms. The molecule has 0 saturated carbocycles. The smallest absolute Gasteiger partial charge is 0.280 e. The maximum Gasteiger partial charge on any atom is 0.280 e. The molecule has 2 aromatic rings. The van der Waals surface area contributed by atoms with Crippen molar-refractivity contribution in [3.05, 3.63) is 65.2 Å². The van der Waals surface area contributed by atoms with Gasteiger partial charge in [-0.05, 0) is 42.8 Å². The molecule has 5 heteroatoms. The Hall–Kier alpha value is -2.92. The van der Waals surface area contributed by atoms with Gasteiger partial charge in [-0.25, -0.2) is 0 Å². The summed E-state index contributed by atoms with van der Waals surface area (Å²) in [5, 5.41) is 24.5. The SMILES string of the molecule is CC1=NN(c2ccccc2)C(=O)/C1=C\c1ccc(O)c(CO)c1. The molecule has 3 rings (SSSR count). The summed E-state index contributed by atoms with van der Waals surface area (Å²) in [4.78, 5) is 12.6. The van der Waals surface area contributed by atoms with Crippen LogP contribution in [0.5, 0.6) is 5.75 Å². The second kappa shape index (κ2) is 6.06. The molecule has 0 atom stereocenters. The van der Waals surface area contributed by atoms with Gasteiger partial charge in [0.1, 0.15) is 5.75 Å². The molecule has 1 amide bonds. The van der Waals surface area contributed by atoms with Gasteiger partial charge in [-0.2, -0.15) is 10.1 Å². The lowest BCUT2D eigenvalue weighted by atomic mass is 10.0. The number of carbonyl (C=O) groups is 1. The van der Waals surface area contributed by atoms with Crippen molar-refractivity contribution in [1.82, 2.24) is 0 Å². The monoisotopic (exact) mass is 308 g/mol. The van der Waals surface area contributed by atoms with Crippen LogP contribution < -0.4 is 5.01 Å². The zero-order valence-electron chi connectivity index (χ0n) is 12.6. The first kappa shape index (κ1) is 15.0. The number of rotatable bonds is 3. The van der Waals surface area contributed by atoms with Crippen LogP contribution in [-0.4, -0.2) is 21.8 Å². The average Bonchev–Trinajstić information content (AvgIpc) is 2.85. The summed E-state index contributed by atoms with van der Waals surface area (Å²) in [7, 11) is 0. The third-order valence-electron chi connectivity index (χ3n) is 3.65. The third-order valence-corrected chi connectivity index (χ3v) is 3.65. The molecule has 23 heavy (non-hydrogen) atoms. The van der Waals surface area contributed by atoms with E-state index >= 15 is 0 Å². The highest BCUT2D eigenvalue weighted by Crippen LogP contribution is 2.26. The van der Waals surface area contributed by atoms with E-state index in [1.807, 2.05) is 30.3 Å². The molecule has 116 valence electrons. The fourth-order valence-corrected chi connectivity index (χ4v) is 2.42. The molecule has 2 aromatic carbocycles. The Morgan fingerprint density at radius 1 is 1.17 bits per heavy atom. The Labute approximate surface area is 133 Å². The molecule has 0 aromatic heterocycles. The Bertz CT molecular complexity index is 810. The minimum Gasteiger partial charge on any atom is -0.508 e. The normalized spacial score (nSPS) is 16.1. The number of hydrazone groups is 1.